The summed E-state index contributed by atoms with van der Waals surface area (Å²) in [6.07, 6.45) is 1.01. The average Bonchev–Trinajstić information content (AvgIpc) is 2.32. The van der Waals surface area contributed by atoms with Crippen LogP contribution in [0.4, 0.5) is 11.9 Å². The largest absolute Gasteiger partial charge is 0.354 e. The van der Waals surface area contributed by atoms with Crippen LogP contribution >= 0.6 is 11.6 Å². The summed E-state index contributed by atoms with van der Waals surface area (Å²) in [5, 5.41) is 3.33. The van der Waals surface area contributed by atoms with Crippen LogP contribution in [0.1, 0.15) is 13.3 Å². The maximum Gasteiger partial charge on any atom is 0.231 e. The van der Waals surface area contributed by atoms with Crippen LogP contribution in [0, 0.1) is 0 Å². The zero-order valence-electron chi connectivity index (χ0n) is 11.4. The number of anilines is 2. The smallest absolute Gasteiger partial charge is 0.231 e. The minimum Gasteiger partial charge on any atom is -0.354 e. The van der Waals surface area contributed by atoms with E-state index in [1.54, 1.807) is 0 Å². The van der Waals surface area contributed by atoms with E-state index in [0.717, 1.165) is 26.1 Å². The van der Waals surface area contributed by atoms with Gasteiger partial charge in [-0.15, -0.1) is 0 Å². The van der Waals surface area contributed by atoms with Crippen molar-refractivity contribution in [2.45, 2.75) is 13.3 Å². The third-order valence-corrected chi connectivity index (χ3v) is 2.52. The molecule has 0 aliphatic heterocycles. The van der Waals surface area contributed by atoms with Gasteiger partial charge in [-0.1, -0.05) is 6.92 Å². The third kappa shape index (κ3) is 5.01. The van der Waals surface area contributed by atoms with E-state index in [4.69, 9.17) is 11.6 Å². The lowest BCUT2D eigenvalue weighted by molar-refractivity contribution is 0.415. The Morgan fingerprint density at radius 2 is 1.83 bits per heavy atom. The van der Waals surface area contributed by atoms with E-state index < -0.39 is 0 Å². The predicted octanol–water partition coefficient (Wildman–Crippen LogP) is 1.34. The Morgan fingerprint density at radius 1 is 1.11 bits per heavy atom. The maximum atomic E-state index is 5.90. The Bertz CT molecular complexity index is 371. The zero-order chi connectivity index (χ0) is 13.5. The number of likely N-dealkylation sites (N-methyl/N-ethyl adjacent to an activating group) is 2. The minimum absolute atomic E-state index is 0.218. The van der Waals surface area contributed by atoms with Gasteiger partial charge in [0.05, 0.1) is 0 Å². The fourth-order valence-corrected chi connectivity index (χ4v) is 1.43. The van der Waals surface area contributed by atoms with Crippen LogP contribution in [0.3, 0.4) is 0 Å². The summed E-state index contributed by atoms with van der Waals surface area (Å²) in [7, 11) is 6.00. The molecule has 7 heteroatoms. The molecular weight excluding hydrogens is 252 g/mol. The Kier molecular flexibility index (Phi) is 6.07. The summed E-state index contributed by atoms with van der Waals surface area (Å²) in [5.74, 6) is 1.12. The van der Waals surface area contributed by atoms with E-state index in [-0.39, 0.29) is 5.28 Å². The Labute approximate surface area is 113 Å². The van der Waals surface area contributed by atoms with Gasteiger partial charge in [-0.25, -0.2) is 0 Å². The van der Waals surface area contributed by atoms with Crippen molar-refractivity contribution >= 4 is 23.5 Å². The monoisotopic (exact) mass is 272 g/mol. The van der Waals surface area contributed by atoms with Gasteiger partial charge in [-0.05, 0) is 32.1 Å². The summed E-state index contributed by atoms with van der Waals surface area (Å²) in [6.45, 7) is 4.67. The van der Waals surface area contributed by atoms with Crippen LogP contribution < -0.4 is 10.2 Å². The molecule has 1 rings (SSSR count). The van der Waals surface area contributed by atoms with Gasteiger partial charge in [-0.3, -0.25) is 0 Å². The van der Waals surface area contributed by atoms with E-state index in [2.05, 4.69) is 32.1 Å². The van der Waals surface area contributed by atoms with Crippen molar-refractivity contribution in [3.05, 3.63) is 5.28 Å². The van der Waals surface area contributed by atoms with Gasteiger partial charge in [0.15, 0.2) is 0 Å². The molecule has 0 fully saturated rings. The molecule has 0 bridgehead atoms. The molecule has 0 saturated heterocycles. The molecule has 6 nitrogen and oxygen atoms in total. The SMILES string of the molecule is CCCNc1nc(Cl)nc(N(C)CCN(C)C)n1. The van der Waals surface area contributed by atoms with Crippen molar-refractivity contribution < 1.29 is 0 Å². The second kappa shape index (κ2) is 7.33. The van der Waals surface area contributed by atoms with Crippen molar-refractivity contribution in [2.24, 2.45) is 0 Å². The normalized spacial score (nSPS) is 10.8. The van der Waals surface area contributed by atoms with Crippen molar-refractivity contribution in [2.75, 3.05) is 51.0 Å². The minimum atomic E-state index is 0.218. The Morgan fingerprint density at radius 3 is 2.44 bits per heavy atom. The quantitative estimate of drug-likeness (QED) is 0.809. The first-order valence-electron chi connectivity index (χ1n) is 6.04. The molecule has 0 saturated carbocycles. The second-order valence-electron chi connectivity index (χ2n) is 4.38. The standard InChI is InChI=1S/C11H21ClN6/c1-5-6-13-10-14-9(12)15-11(16-10)18(4)8-7-17(2)3/h5-8H2,1-4H3,(H,13,14,15,16). The van der Waals surface area contributed by atoms with Crippen LogP contribution in [0.15, 0.2) is 0 Å². The second-order valence-corrected chi connectivity index (χ2v) is 4.72. The predicted molar refractivity (Wildman–Crippen MR) is 75.4 cm³/mol. The van der Waals surface area contributed by atoms with Gasteiger partial charge in [0, 0.05) is 26.7 Å². The van der Waals surface area contributed by atoms with Crippen LogP contribution in [0.25, 0.3) is 0 Å². The lowest BCUT2D eigenvalue weighted by Gasteiger charge is -2.19. The van der Waals surface area contributed by atoms with E-state index in [1.165, 1.54) is 0 Å². The molecule has 0 aliphatic carbocycles. The molecule has 102 valence electrons. The molecule has 1 N–H and O–H groups in total. The molecule has 1 aromatic heterocycles. The number of aromatic nitrogens is 3. The number of nitrogens with zero attached hydrogens (tertiary/aromatic N) is 5. The lowest BCUT2D eigenvalue weighted by Crippen LogP contribution is -2.30. The summed E-state index contributed by atoms with van der Waals surface area (Å²) in [4.78, 5) is 16.6. The Balaban J connectivity index is 2.71. The van der Waals surface area contributed by atoms with E-state index >= 15 is 0 Å². The number of hydrogen-bond donors (Lipinski definition) is 1. The van der Waals surface area contributed by atoms with Gasteiger partial charge in [0.2, 0.25) is 17.2 Å². The molecular formula is C11H21ClN6. The number of halogens is 1. The third-order valence-electron chi connectivity index (χ3n) is 2.35. The molecule has 0 amide bonds. The first-order chi connectivity index (χ1) is 8.52. The van der Waals surface area contributed by atoms with Gasteiger partial charge in [0.25, 0.3) is 0 Å². The number of hydrogen-bond acceptors (Lipinski definition) is 6. The first-order valence-corrected chi connectivity index (χ1v) is 6.42. The topological polar surface area (TPSA) is 57.2 Å². The highest BCUT2D eigenvalue weighted by molar-refractivity contribution is 6.28. The summed E-state index contributed by atoms with van der Waals surface area (Å²) < 4.78 is 0. The van der Waals surface area contributed by atoms with E-state index in [1.807, 2.05) is 26.0 Å². The number of nitrogens with one attached hydrogen (secondary N) is 1. The first kappa shape index (κ1) is 14.9. The Hall–Kier alpha value is -1.14. The molecule has 0 radical (unpaired) electrons. The van der Waals surface area contributed by atoms with Crippen molar-refractivity contribution in [3.8, 4) is 0 Å². The van der Waals surface area contributed by atoms with Crippen LogP contribution in [-0.2, 0) is 0 Å². The van der Waals surface area contributed by atoms with Crippen molar-refractivity contribution in [1.29, 1.82) is 0 Å². The summed E-state index contributed by atoms with van der Waals surface area (Å²) in [6, 6.07) is 0. The molecule has 0 aliphatic rings. The highest BCUT2D eigenvalue weighted by Crippen LogP contribution is 2.12. The fourth-order valence-electron chi connectivity index (χ4n) is 1.28. The molecule has 0 aromatic carbocycles. The number of rotatable bonds is 7. The molecule has 0 atom stereocenters. The maximum absolute atomic E-state index is 5.90. The van der Waals surface area contributed by atoms with E-state index in [9.17, 15) is 0 Å². The molecule has 0 unspecified atom stereocenters. The van der Waals surface area contributed by atoms with Crippen LogP contribution in [-0.4, -0.2) is 60.6 Å². The van der Waals surface area contributed by atoms with Crippen molar-refractivity contribution in [1.82, 2.24) is 19.9 Å². The fraction of sp³-hybridized carbons (Fsp3) is 0.727. The summed E-state index contributed by atoms with van der Waals surface area (Å²) >= 11 is 5.90. The van der Waals surface area contributed by atoms with Crippen LogP contribution in [0.5, 0.6) is 0 Å². The lowest BCUT2D eigenvalue weighted by atomic mass is 10.5. The van der Waals surface area contributed by atoms with Crippen LogP contribution in [0.2, 0.25) is 5.28 Å². The van der Waals surface area contributed by atoms with Gasteiger partial charge in [0.1, 0.15) is 0 Å². The molecule has 18 heavy (non-hydrogen) atoms. The highest BCUT2D eigenvalue weighted by atomic mass is 35.5. The summed E-state index contributed by atoms with van der Waals surface area (Å²) in [5.41, 5.74) is 0. The average molecular weight is 273 g/mol. The van der Waals surface area contributed by atoms with Crippen molar-refractivity contribution in [3.63, 3.8) is 0 Å². The van der Waals surface area contributed by atoms with Gasteiger partial charge in [-0.2, -0.15) is 15.0 Å². The van der Waals surface area contributed by atoms with E-state index in [0.29, 0.717) is 11.9 Å². The van der Waals surface area contributed by atoms with Gasteiger partial charge >= 0.3 is 0 Å². The highest BCUT2D eigenvalue weighted by Gasteiger charge is 2.09. The zero-order valence-corrected chi connectivity index (χ0v) is 12.2. The molecule has 1 heterocycles. The molecule has 1 aromatic rings. The van der Waals surface area contributed by atoms with Gasteiger partial charge < -0.3 is 15.1 Å². The molecule has 0 spiro atoms.